The number of aromatic nitrogens is 4. The molecule has 3 N–H and O–H groups in total. The zero-order valence-electron chi connectivity index (χ0n) is 32.3. The number of fused-ring (bicyclic) bond motifs is 2. The minimum absolute atomic E-state index is 0.0425. The molecule has 1 spiro atoms. The van der Waals surface area contributed by atoms with Gasteiger partial charge in [0.05, 0.1) is 40.2 Å². The van der Waals surface area contributed by atoms with Gasteiger partial charge < -0.3 is 15.5 Å². The van der Waals surface area contributed by atoms with Crippen molar-refractivity contribution in [3.05, 3.63) is 77.0 Å². The normalized spacial score (nSPS) is 26.0. The molecule has 18 heteroatoms. The number of nitrogens with zero attached hydrogens (tertiary/aromatic N) is 7. The Morgan fingerprint density at radius 2 is 1.78 bits per heavy atom. The van der Waals surface area contributed by atoms with Crippen molar-refractivity contribution >= 4 is 51.0 Å². The molecule has 3 amide bonds. The second kappa shape index (κ2) is 14.1. The number of aryl methyl sites for hydroxylation is 1. The van der Waals surface area contributed by atoms with Gasteiger partial charge in [0.25, 0.3) is 5.92 Å². The highest BCUT2D eigenvalue weighted by Gasteiger charge is 2.63. The summed E-state index contributed by atoms with van der Waals surface area (Å²) < 4.78 is 78.9. The number of piperidine rings is 2. The van der Waals surface area contributed by atoms with Crippen LogP contribution < -0.4 is 26.5 Å². The van der Waals surface area contributed by atoms with Crippen LogP contribution in [0.4, 0.5) is 33.3 Å². The number of likely N-dealkylation sites (tertiary alicyclic amines) is 1. The maximum atomic E-state index is 16.2. The summed E-state index contributed by atoms with van der Waals surface area (Å²) in [5.41, 5.74) is 5.38. The van der Waals surface area contributed by atoms with Crippen LogP contribution in [-0.2, 0) is 21.4 Å². The Kier molecular flexibility index (Phi) is 9.28. The number of imide groups is 1. The number of benzene rings is 2. The number of primary amides is 1. The van der Waals surface area contributed by atoms with Gasteiger partial charge in [-0.2, -0.15) is 18.3 Å². The number of anilines is 2. The first-order valence-corrected chi connectivity index (χ1v) is 20.0. The number of carbonyl (C=O) groups is 3. The quantitative estimate of drug-likeness (QED) is 0.198. The van der Waals surface area contributed by atoms with Gasteiger partial charge in [0.15, 0.2) is 0 Å². The Labute approximate surface area is 334 Å². The summed E-state index contributed by atoms with van der Waals surface area (Å²) in [6.07, 6.45) is 4.34. The highest BCUT2D eigenvalue weighted by atomic mass is 19.4. The van der Waals surface area contributed by atoms with Crippen LogP contribution in [0.3, 0.4) is 0 Å². The number of para-hydroxylation sites is 1. The third-order valence-electron chi connectivity index (χ3n) is 13.2. The molecule has 3 saturated heterocycles. The number of amides is 3. The van der Waals surface area contributed by atoms with Crippen LogP contribution in [-0.4, -0.2) is 92.4 Å². The molecule has 2 aromatic heterocycles. The van der Waals surface area contributed by atoms with E-state index in [4.69, 9.17) is 10.8 Å². The number of rotatable bonds is 7. The lowest BCUT2D eigenvalue weighted by atomic mass is 9.68. The SMILES string of the molecule is Cn1c(=O)n(C2CCC(=O)NC2=O)c2cccc(N3CC4(CCN(CC5CCC(n6cc7cc(N8C(C(F)(F)F)=CC=CC8C(N)=O)ccc7n6)CC5)CC4(F)F)C3)c21. The zero-order chi connectivity index (χ0) is 41.6. The van der Waals surface area contributed by atoms with Crippen LogP contribution in [0.5, 0.6) is 0 Å². The van der Waals surface area contributed by atoms with E-state index in [-0.39, 0.29) is 56.0 Å². The van der Waals surface area contributed by atoms with Crippen LogP contribution >= 0.6 is 0 Å². The minimum Gasteiger partial charge on any atom is -0.368 e. The second-order valence-electron chi connectivity index (χ2n) is 16.8. The lowest BCUT2D eigenvalue weighted by molar-refractivity contribution is -0.181. The van der Waals surface area contributed by atoms with Gasteiger partial charge in [-0.05, 0) is 87.4 Å². The molecule has 0 radical (unpaired) electrons. The molecule has 5 aliphatic rings. The zero-order valence-corrected chi connectivity index (χ0v) is 32.3. The first kappa shape index (κ1) is 39.0. The van der Waals surface area contributed by atoms with E-state index in [1.54, 1.807) is 37.5 Å². The topological polar surface area (TPSA) is 144 Å². The molecule has 4 fully saturated rings. The highest BCUT2D eigenvalue weighted by Crippen LogP contribution is 2.52. The fraction of sp³-hybridized carbons (Fsp3) is 0.488. The van der Waals surface area contributed by atoms with Gasteiger partial charge in [0.2, 0.25) is 17.7 Å². The summed E-state index contributed by atoms with van der Waals surface area (Å²) in [7, 11) is 1.60. The number of hydrogen-bond donors (Lipinski definition) is 2. The van der Waals surface area contributed by atoms with Gasteiger partial charge in [-0.3, -0.25) is 38.4 Å². The number of allylic oxidation sites excluding steroid dienone is 3. The molecule has 4 aliphatic heterocycles. The van der Waals surface area contributed by atoms with E-state index in [9.17, 15) is 32.3 Å². The predicted molar refractivity (Wildman–Crippen MR) is 209 cm³/mol. The van der Waals surface area contributed by atoms with Gasteiger partial charge >= 0.3 is 11.9 Å². The minimum atomic E-state index is -4.71. The number of nitrogens with two attached hydrogens (primary N) is 1. The Hall–Kier alpha value is -5.52. The van der Waals surface area contributed by atoms with E-state index >= 15 is 8.78 Å². The molecule has 2 unspecified atom stereocenters. The molecule has 1 aliphatic carbocycles. The van der Waals surface area contributed by atoms with Crippen molar-refractivity contribution in [2.24, 2.45) is 24.1 Å². The van der Waals surface area contributed by atoms with E-state index in [1.165, 1.54) is 27.4 Å². The van der Waals surface area contributed by atoms with Crippen LogP contribution in [0.15, 0.2) is 71.3 Å². The molecule has 1 saturated carbocycles. The molecular weight excluding hydrogens is 777 g/mol. The Bertz CT molecular complexity index is 2490. The average Bonchev–Trinajstić information content (AvgIpc) is 3.71. The van der Waals surface area contributed by atoms with Crippen LogP contribution in [0.2, 0.25) is 0 Å². The van der Waals surface area contributed by atoms with Crippen molar-refractivity contribution < 1.29 is 36.3 Å². The molecule has 312 valence electrons. The molecular formula is C41H44F5N9O4. The van der Waals surface area contributed by atoms with Crippen molar-refractivity contribution in [2.75, 3.05) is 42.5 Å². The van der Waals surface area contributed by atoms with Gasteiger partial charge in [-0.1, -0.05) is 18.2 Å². The predicted octanol–water partition coefficient (Wildman–Crippen LogP) is 4.92. The second-order valence-corrected chi connectivity index (χ2v) is 16.8. The van der Waals surface area contributed by atoms with Crippen molar-refractivity contribution in [3.8, 4) is 0 Å². The van der Waals surface area contributed by atoms with Crippen molar-refractivity contribution in [2.45, 2.75) is 75.2 Å². The van der Waals surface area contributed by atoms with Gasteiger partial charge in [0.1, 0.15) is 17.8 Å². The molecule has 6 heterocycles. The van der Waals surface area contributed by atoms with E-state index in [0.717, 1.165) is 36.7 Å². The van der Waals surface area contributed by atoms with E-state index in [1.807, 2.05) is 20.5 Å². The lowest BCUT2D eigenvalue weighted by Crippen LogP contribution is -2.70. The van der Waals surface area contributed by atoms with Crippen LogP contribution in [0.25, 0.3) is 21.9 Å². The van der Waals surface area contributed by atoms with Crippen LogP contribution in [0.1, 0.15) is 57.0 Å². The summed E-state index contributed by atoms with van der Waals surface area (Å²) in [4.78, 5) is 54.7. The number of carbonyl (C=O) groups excluding carboxylic acids is 3. The largest absolute Gasteiger partial charge is 0.431 e. The van der Waals surface area contributed by atoms with Crippen molar-refractivity contribution in [1.29, 1.82) is 0 Å². The third kappa shape index (κ3) is 6.59. The first-order chi connectivity index (χ1) is 28.0. The smallest absolute Gasteiger partial charge is 0.368 e. The average molecular weight is 822 g/mol. The molecule has 4 aromatic rings. The number of nitrogens with one attached hydrogen (secondary N) is 1. The van der Waals surface area contributed by atoms with E-state index < -0.39 is 52.8 Å². The Morgan fingerprint density at radius 1 is 1.02 bits per heavy atom. The molecule has 2 atom stereocenters. The van der Waals surface area contributed by atoms with Crippen LogP contribution in [0, 0.1) is 11.3 Å². The first-order valence-electron chi connectivity index (χ1n) is 20.0. The fourth-order valence-corrected chi connectivity index (χ4v) is 10.0. The number of halogens is 5. The fourth-order valence-electron chi connectivity index (χ4n) is 10.0. The summed E-state index contributed by atoms with van der Waals surface area (Å²) in [6, 6.07) is 7.91. The van der Waals surface area contributed by atoms with Gasteiger partial charge in [-0.25, -0.2) is 13.6 Å². The Balaban J connectivity index is 0.824. The Morgan fingerprint density at radius 3 is 2.47 bits per heavy atom. The standard InChI is InChI=1S/C41H44F5N9O4/c1-50-35-29(4-2-5-30(35)55(38(50)59)32-14-15-34(56)48-37(32)58)52-21-39(22-52)16-17-51(23-40(39,42)43)19-24-8-10-26(11-9-24)53-20-25-18-27(12-13-28(25)49-53)54-31(36(47)57)6-3-7-33(54)41(44,45)46/h2-7,12-13,18,20,24,26,31-32H,8-11,14-17,19,21-23H2,1H3,(H2,47,57)(H,48,56,58). The monoisotopic (exact) mass is 821 g/mol. The van der Waals surface area contributed by atoms with Crippen molar-refractivity contribution in [3.63, 3.8) is 0 Å². The van der Waals surface area contributed by atoms with Gasteiger partial charge in [-0.15, -0.1) is 0 Å². The molecule has 9 rings (SSSR count). The lowest BCUT2D eigenvalue weighted by Gasteiger charge is -2.58. The third-order valence-corrected chi connectivity index (χ3v) is 13.2. The maximum absolute atomic E-state index is 16.2. The summed E-state index contributed by atoms with van der Waals surface area (Å²) in [5, 5.41) is 7.64. The number of hydrogen-bond acceptors (Lipinski definition) is 8. The molecule has 59 heavy (non-hydrogen) atoms. The van der Waals surface area contributed by atoms with E-state index in [2.05, 4.69) is 5.32 Å². The molecule has 0 bridgehead atoms. The summed E-state index contributed by atoms with van der Waals surface area (Å²) >= 11 is 0. The summed E-state index contributed by atoms with van der Waals surface area (Å²) in [6.45, 7) is 1.03. The van der Waals surface area contributed by atoms with E-state index in [0.29, 0.717) is 47.1 Å². The highest BCUT2D eigenvalue weighted by molar-refractivity contribution is 6.00. The van der Waals surface area contributed by atoms with Gasteiger partial charge in [0, 0.05) is 50.4 Å². The number of imidazole rings is 1. The maximum Gasteiger partial charge on any atom is 0.431 e. The summed E-state index contributed by atoms with van der Waals surface area (Å²) in [5.74, 6) is -4.54. The van der Waals surface area contributed by atoms with Crippen molar-refractivity contribution in [1.82, 2.24) is 29.1 Å². The number of alkyl halides is 5. The molecule has 2 aromatic carbocycles. The molecule has 13 nitrogen and oxygen atoms in total.